The monoisotopic (exact) mass is 507 g/mol. The van der Waals surface area contributed by atoms with Crippen LogP contribution in [0.4, 0.5) is 4.39 Å². The van der Waals surface area contributed by atoms with Gasteiger partial charge in [-0.1, -0.05) is 32.9 Å². The summed E-state index contributed by atoms with van der Waals surface area (Å²) < 4.78 is 16.1. The Bertz CT molecular complexity index is 1190. The van der Waals surface area contributed by atoms with E-state index in [1.165, 1.54) is 43.5 Å². The van der Waals surface area contributed by atoms with Gasteiger partial charge in [0.25, 0.3) is 5.91 Å². The highest BCUT2D eigenvalue weighted by Crippen LogP contribution is 2.22. The minimum atomic E-state index is -0.398. The highest BCUT2D eigenvalue weighted by molar-refractivity contribution is 5.94. The van der Waals surface area contributed by atoms with Gasteiger partial charge in [0, 0.05) is 31.2 Å². The molecule has 0 radical (unpaired) electrons. The molecular formula is C30H42FN5O. The average molecular weight is 508 g/mol. The number of halogens is 1. The number of nitrogens with zero attached hydrogens (tertiary/aromatic N) is 4. The van der Waals surface area contributed by atoms with Crippen LogP contribution in [0.15, 0.2) is 42.5 Å². The van der Waals surface area contributed by atoms with Crippen LogP contribution in [0.3, 0.4) is 0 Å². The van der Waals surface area contributed by atoms with Crippen LogP contribution in [0.1, 0.15) is 68.2 Å². The summed E-state index contributed by atoms with van der Waals surface area (Å²) in [5.74, 6) is 0.589. The Balaban J connectivity index is 1.50. The molecule has 1 amide bonds. The number of hydrogen-bond acceptors (Lipinski definition) is 4. The summed E-state index contributed by atoms with van der Waals surface area (Å²) in [7, 11) is 2.23. The smallest absolute Gasteiger partial charge is 0.254 e. The van der Waals surface area contributed by atoms with Gasteiger partial charge in [0.15, 0.2) is 0 Å². The average Bonchev–Trinajstić information content (AvgIpc) is 3.43. The molecule has 2 heterocycles. The van der Waals surface area contributed by atoms with Crippen LogP contribution in [0.5, 0.6) is 0 Å². The number of likely N-dealkylation sites (tertiary alicyclic amines) is 1. The molecule has 0 spiro atoms. The Hall–Kier alpha value is -2.77. The van der Waals surface area contributed by atoms with E-state index >= 15 is 0 Å². The Morgan fingerprint density at radius 3 is 2.78 bits per heavy atom. The third-order valence-electron chi connectivity index (χ3n) is 7.27. The molecule has 0 aliphatic carbocycles. The van der Waals surface area contributed by atoms with Crippen LogP contribution in [0.2, 0.25) is 0 Å². The van der Waals surface area contributed by atoms with E-state index in [2.05, 4.69) is 60.8 Å². The topological polar surface area (TPSA) is 53.4 Å². The van der Waals surface area contributed by atoms with E-state index in [9.17, 15) is 9.18 Å². The molecule has 1 atom stereocenters. The number of aromatic nitrogens is 2. The van der Waals surface area contributed by atoms with Crippen LogP contribution in [0, 0.1) is 11.7 Å². The quantitative estimate of drug-likeness (QED) is 0.331. The maximum atomic E-state index is 13.8. The van der Waals surface area contributed by atoms with Gasteiger partial charge in [-0.25, -0.2) is 9.37 Å². The second kappa shape index (κ2) is 12.7. The van der Waals surface area contributed by atoms with Crippen molar-refractivity contribution in [1.82, 2.24) is 24.7 Å². The summed E-state index contributed by atoms with van der Waals surface area (Å²) in [6.45, 7) is 11.2. The molecule has 1 aliphatic heterocycles. The van der Waals surface area contributed by atoms with E-state index in [1.807, 2.05) is 0 Å². The largest absolute Gasteiger partial charge is 0.331 e. The maximum Gasteiger partial charge on any atom is 0.254 e. The molecule has 1 fully saturated rings. The number of rotatable bonds is 12. The normalized spacial score (nSPS) is 16.2. The summed E-state index contributed by atoms with van der Waals surface area (Å²) in [6.07, 6.45) is 4.76. The van der Waals surface area contributed by atoms with Crippen molar-refractivity contribution in [3.8, 4) is 0 Å². The molecule has 6 nitrogen and oxygen atoms in total. The molecule has 1 N–H and O–H groups in total. The lowest BCUT2D eigenvalue weighted by atomic mass is 10.1. The molecule has 2 aromatic carbocycles. The van der Waals surface area contributed by atoms with Gasteiger partial charge in [-0.2, -0.15) is 0 Å². The van der Waals surface area contributed by atoms with Crippen molar-refractivity contribution in [3.05, 3.63) is 65.2 Å². The van der Waals surface area contributed by atoms with Crippen LogP contribution in [-0.4, -0.2) is 58.0 Å². The number of benzene rings is 2. The van der Waals surface area contributed by atoms with Crippen molar-refractivity contribution >= 4 is 16.9 Å². The first-order chi connectivity index (χ1) is 17.9. The number of hydrogen-bond donors (Lipinski definition) is 1. The minimum Gasteiger partial charge on any atom is -0.331 e. The van der Waals surface area contributed by atoms with E-state index in [-0.39, 0.29) is 11.8 Å². The van der Waals surface area contributed by atoms with Gasteiger partial charge >= 0.3 is 0 Å². The molecule has 1 saturated heterocycles. The number of imidazole rings is 1. The zero-order valence-corrected chi connectivity index (χ0v) is 22.8. The Morgan fingerprint density at radius 1 is 1.24 bits per heavy atom. The molecule has 3 aromatic rings. The zero-order valence-electron chi connectivity index (χ0n) is 22.8. The highest BCUT2D eigenvalue weighted by atomic mass is 19.1. The van der Waals surface area contributed by atoms with Crippen LogP contribution >= 0.6 is 0 Å². The molecule has 1 unspecified atom stereocenters. The number of carbonyl (C=O) groups excluding carboxylic acids is 1. The number of carbonyl (C=O) groups is 1. The molecule has 4 rings (SSSR count). The molecule has 1 aliphatic rings. The van der Waals surface area contributed by atoms with Gasteiger partial charge in [-0.15, -0.1) is 0 Å². The van der Waals surface area contributed by atoms with E-state index in [1.54, 1.807) is 17.0 Å². The fraction of sp³-hybridized carbons (Fsp3) is 0.533. The fourth-order valence-electron chi connectivity index (χ4n) is 5.41. The molecule has 1 aromatic heterocycles. The molecule has 0 bridgehead atoms. The molecule has 37 heavy (non-hydrogen) atoms. The molecule has 0 saturated carbocycles. The van der Waals surface area contributed by atoms with Crippen molar-refractivity contribution in [3.63, 3.8) is 0 Å². The third-order valence-corrected chi connectivity index (χ3v) is 7.27. The van der Waals surface area contributed by atoms with Gasteiger partial charge < -0.3 is 19.7 Å². The summed E-state index contributed by atoms with van der Waals surface area (Å²) >= 11 is 0. The lowest BCUT2D eigenvalue weighted by Crippen LogP contribution is -2.34. The van der Waals surface area contributed by atoms with Crippen molar-refractivity contribution in [2.75, 3.05) is 26.7 Å². The molecular weight excluding hydrogens is 465 g/mol. The van der Waals surface area contributed by atoms with Gasteiger partial charge in [0.2, 0.25) is 0 Å². The van der Waals surface area contributed by atoms with Crippen LogP contribution in [-0.2, 0) is 19.6 Å². The van der Waals surface area contributed by atoms with Crippen LogP contribution in [0.25, 0.3) is 11.0 Å². The van der Waals surface area contributed by atoms with Crippen molar-refractivity contribution in [2.45, 2.75) is 72.1 Å². The molecule has 7 heteroatoms. The van der Waals surface area contributed by atoms with E-state index in [4.69, 9.17) is 4.98 Å². The van der Waals surface area contributed by atoms with E-state index < -0.39 is 5.82 Å². The van der Waals surface area contributed by atoms with Gasteiger partial charge in [0.05, 0.1) is 17.6 Å². The highest BCUT2D eigenvalue weighted by Gasteiger charge is 2.22. The zero-order chi connectivity index (χ0) is 26.4. The maximum absolute atomic E-state index is 13.8. The summed E-state index contributed by atoms with van der Waals surface area (Å²) in [4.78, 5) is 22.6. The summed E-state index contributed by atoms with van der Waals surface area (Å²) in [5.41, 5.74) is 3.64. The third kappa shape index (κ3) is 6.96. The Labute approximate surface area is 220 Å². The second-order valence-electron chi connectivity index (χ2n) is 10.8. The Morgan fingerprint density at radius 2 is 2.08 bits per heavy atom. The summed E-state index contributed by atoms with van der Waals surface area (Å²) in [6, 6.07) is 13.1. The predicted octanol–water partition coefficient (Wildman–Crippen LogP) is 5.46. The van der Waals surface area contributed by atoms with Gasteiger partial charge in [0.1, 0.15) is 11.6 Å². The van der Waals surface area contributed by atoms with Crippen molar-refractivity contribution in [2.24, 2.45) is 5.92 Å². The standard InChI is InChI=1S/C30H42FN5O/c1-5-15-36-28-12-11-23(19-32-14-13-26-10-7-16-34(26)4)17-27(28)33-29(36)21-35(20-22(2)3)30(37)24-8-6-9-25(31)18-24/h6,8-9,11-12,17-18,22,26,32H,5,7,10,13-16,19-21H2,1-4H3. The number of aryl methyl sites for hydroxylation is 1. The number of nitrogens with one attached hydrogen (secondary N) is 1. The number of fused-ring (bicyclic) bond motifs is 1. The first kappa shape index (κ1) is 27.3. The van der Waals surface area contributed by atoms with E-state index in [0.717, 1.165) is 42.9 Å². The SMILES string of the molecule is CCCn1c(CN(CC(C)C)C(=O)c2cccc(F)c2)nc2cc(CNCCC3CCCN3C)ccc21. The Kier molecular flexibility index (Phi) is 9.33. The lowest BCUT2D eigenvalue weighted by Gasteiger charge is -2.25. The summed E-state index contributed by atoms with van der Waals surface area (Å²) in [5, 5.41) is 3.61. The lowest BCUT2D eigenvalue weighted by molar-refractivity contribution is 0.0715. The first-order valence-corrected chi connectivity index (χ1v) is 13.8. The van der Waals surface area contributed by atoms with Crippen molar-refractivity contribution in [1.29, 1.82) is 0 Å². The number of amides is 1. The van der Waals surface area contributed by atoms with Crippen LogP contribution < -0.4 is 5.32 Å². The van der Waals surface area contributed by atoms with Crippen molar-refractivity contribution < 1.29 is 9.18 Å². The van der Waals surface area contributed by atoms with Gasteiger partial charge in [-0.3, -0.25) is 4.79 Å². The predicted molar refractivity (Wildman–Crippen MR) is 148 cm³/mol. The van der Waals surface area contributed by atoms with Gasteiger partial charge in [-0.05, 0) is 87.6 Å². The molecule has 200 valence electrons. The minimum absolute atomic E-state index is 0.166. The van der Waals surface area contributed by atoms with E-state index in [0.29, 0.717) is 24.7 Å². The first-order valence-electron chi connectivity index (χ1n) is 13.8. The fourth-order valence-corrected chi connectivity index (χ4v) is 5.41. The second-order valence-corrected chi connectivity index (χ2v) is 10.8.